The molecule has 0 saturated carbocycles. The highest BCUT2D eigenvalue weighted by molar-refractivity contribution is 6.04. The van der Waals surface area contributed by atoms with Crippen molar-refractivity contribution in [3.8, 4) is 11.5 Å². The Morgan fingerprint density at radius 1 is 0.970 bits per heavy atom. The molecule has 2 aromatic carbocycles. The summed E-state index contributed by atoms with van der Waals surface area (Å²) < 4.78 is 14.6. The molecule has 0 bridgehead atoms. The molecule has 0 unspecified atom stereocenters. The molecule has 1 aliphatic heterocycles. The normalized spacial score (nSPS) is 12.9. The van der Waals surface area contributed by atoms with Crippen molar-refractivity contribution in [2.45, 2.75) is 39.3 Å². The highest BCUT2D eigenvalue weighted by atomic mass is 16.7. The summed E-state index contributed by atoms with van der Waals surface area (Å²) in [5.74, 6) is 1.45. The van der Waals surface area contributed by atoms with E-state index in [0.717, 1.165) is 47.4 Å². The Labute approximate surface area is 189 Å². The van der Waals surface area contributed by atoms with Crippen LogP contribution in [0, 0.1) is 0 Å². The zero-order chi connectivity index (χ0) is 22.4. The van der Waals surface area contributed by atoms with Gasteiger partial charge in [-0.25, -0.2) is 15.0 Å². The molecule has 1 aliphatic rings. The quantitative estimate of drug-likeness (QED) is 0.366. The van der Waals surface area contributed by atoms with E-state index in [4.69, 9.17) is 24.4 Å². The maximum Gasteiger partial charge on any atom is 0.265 e. The Morgan fingerprint density at radius 3 is 2.64 bits per heavy atom. The number of nitrogens with zero attached hydrogens (tertiary/aromatic N) is 5. The molecule has 0 saturated heterocycles. The van der Waals surface area contributed by atoms with Crippen LogP contribution in [-0.2, 0) is 13.1 Å². The lowest BCUT2D eigenvalue weighted by Gasteiger charge is -2.08. The second-order valence-corrected chi connectivity index (χ2v) is 8.31. The van der Waals surface area contributed by atoms with Gasteiger partial charge in [-0.15, -0.1) is 0 Å². The number of fused-ring (bicyclic) bond motifs is 5. The first kappa shape index (κ1) is 19.7. The fraction of sp³-hybridized carbons (Fsp3) is 0.280. The molecule has 0 fully saturated rings. The number of aryl methyl sites for hydroxylation is 1. The molecule has 4 heterocycles. The fourth-order valence-corrected chi connectivity index (χ4v) is 4.40. The van der Waals surface area contributed by atoms with E-state index in [1.54, 1.807) is 10.9 Å². The van der Waals surface area contributed by atoms with Gasteiger partial charge in [0.05, 0.1) is 23.9 Å². The molecule has 166 valence electrons. The number of hydrogen-bond acceptors (Lipinski definition) is 6. The lowest BCUT2D eigenvalue weighted by molar-refractivity contribution is 0.174. The smallest absolute Gasteiger partial charge is 0.265 e. The van der Waals surface area contributed by atoms with E-state index in [1.165, 1.54) is 0 Å². The van der Waals surface area contributed by atoms with Crippen molar-refractivity contribution >= 4 is 33.2 Å². The van der Waals surface area contributed by atoms with Crippen LogP contribution in [0.4, 0.5) is 0 Å². The Balaban J connectivity index is 1.57. The van der Waals surface area contributed by atoms with E-state index in [-0.39, 0.29) is 12.4 Å². The van der Waals surface area contributed by atoms with Crippen LogP contribution >= 0.6 is 0 Å². The van der Waals surface area contributed by atoms with Crippen LogP contribution < -0.4 is 15.0 Å². The molecule has 0 N–H and O–H groups in total. The first-order valence-electron chi connectivity index (χ1n) is 11.3. The number of benzene rings is 2. The van der Waals surface area contributed by atoms with E-state index in [2.05, 4.69) is 6.92 Å². The van der Waals surface area contributed by atoms with Crippen LogP contribution in [-0.4, -0.2) is 30.9 Å². The van der Waals surface area contributed by atoms with Crippen molar-refractivity contribution in [1.29, 1.82) is 0 Å². The zero-order valence-electron chi connectivity index (χ0n) is 18.3. The van der Waals surface area contributed by atoms with E-state index < -0.39 is 0 Å². The third kappa shape index (κ3) is 3.29. The molecule has 0 aliphatic carbocycles. The predicted octanol–water partition coefficient (Wildman–Crippen LogP) is 4.26. The number of para-hydroxylation sites is 2. The summed E-state index contributed by atoms with van der Waals surface area (Å²) in [5, 5.41) is 0.517. The van der Waals surface area contributed by atoms with Crippen LogP contribution in [0.2, 0.25) is 0 Å². The summed E-state index contributed by atoms with van der Waals surface area (Å²) in [6, 6.07) is 13.6. The van der Waals surface area contributed by atoms with E-state index >= 15 is 0 Å². The van der Waals surface area contributed by atoms with Crippen molar-refractivity contribution in [3.63, 3.8) is 0 Å². The van der Waals surface area contributed by atoms with Crippen LogP contribution in [0.1, 0.15) is 31.7 Å². The SMILES string of the molecule is CCCCCn1cnc2c(c1=O)c1nc3ccccc3nc1n2Cc1ccc2c(c1)OCO2. The van der Waals surface area contributed by atoms with Gasteiger partial charge in [0.15, 0.2) is 22.8 Å². The molecule has 5 aromatic rings. The summed E-state index contributed by atoms with van der Waals surface area (Å²) in [5.41, 5.74) is 4.30. The predicted molar refractivity (Wildman–Crippen MR) is 126 cm³/mol. The topological polar surface area (TPSA) is 84.1 Å². The largest absolute Gasteiger partial charge is 0.454 e. The summed E-state index contributed by atoms with van der Waals surface area (Å²) in [6.07, 6.45) is 4.75. The molecular weight excluding hydrogens is 418 g/mol. The number of hydrogen-bond donors (Lipinski definition) is 0. The van der Waals surface area contributed by atoms with Gasteiger partial charge in [0.1, 0.15) is 10.9 Å². The molecule has 0 atom stereocenters. The molecule has 6 rings (SSSR count). The standard InChI is InChI=1S/C25H23N5O3/c1-2-3-6-11-29-14-26-23-21(25(29)31)22-24(28-18-8-5-4-7-17(18)27-22)30(23)13-16-9-10-19-20(12-16)33-15-32-19/h4-5,7-10,12,14H,2-3,6,11,13,15H2,1H3. The van der Waals surface area contributed by atoms with Crippen molar-refractivity contribution in [3.05, 3.63) is 64.7 Å². The molecule has 0 spiro atoms. The zero-order valence-corrected chi connectivity index (χ0v) is 18.3. The van der Waals surface area contributed by atoms with Gasteiger partial charge >= 0.3 is 0 Å². The average molecular weight is 441 g/mol. The van der Waals surface area contributed by atoms with Crippen LogP contribution in [0.5, 0.6) is 11.5 Å². The first-order valence-corrected chi connectivity index (χ1v) is 11.3. The fourth-order valence-electron chi connectivity index (χ4n) is 4.40. The molecule has 33 heavy (non-hydrogen) atoms. The lowest BCUT2D eigenvalue weighted by atomic mass is 10.2. The number of aromatic nitrogens is 5. The Kier molecular flexibility index (Phi) is 4.71. The average Bonchev–Trinajstić information content (AvgIpc) is 3.42. The molecule has 8 heteroatoms. The number of rotatable bonds is 6. The molecular formula is C25H23N5O3. The first-order chi connectivity index (χ1) is 16.2. The van der Waals surface area contributed by atoms with E-state index in [1.807, 2.05) is 47.0 Å². The van der Waals surface area contributed by atoms with Crippen LogP contribution in [0.25, 0.3) is 33.2 Å². The summed E-state index contributed by atoms with van der Waals surface area (Å²) in [7, 11) is 0. The number of unbranched alkanes of at least 4 members (excludes halogenated alkanes) is 2. The second kappa shape index (κ2) is 7.88. The van der Waals surface area contributed by atoms with Gasteiger partial charge in [-0.3, -0.25) is 9.36 Å². The molecule has 3 aromatic heterocycles. The maximum absolute atomic E-state index is 13.5. The van der Waals surface area contributed by atoms with Gasteiger partial charge in [-0.1, -0.05) is 38.0 Å². The van der Waals surface area contributed by atoms with Crippen molar-refractivity contribution in [1.82, 2.24) is 24.1 Å². The molecule has 0 radical (unpaired) electrons. The molecule has 0 amide bonds. The summed E-state index contributed by atoms with van der Waals surface area (Å²) in [4.78, 5) is 27.9. The van der Waals surface area contributed by atoms with E-state index in [9.17, 15) is 4.79 Å². The minimum Gasteiger partial charge on any atom is -0.454 e. The highest BCUT2D eigenvalue weighted by Gasteiger charge is 2.21. The third-order valence-corrected chi connectivity index (χ3v) is 6.10. The van der Waals surface area contributed by atoms with Crippen molar-refractivity contribution in [2.75, 3.05) is 6.79 Å². The van der Waals surface area contributed by atoms with Gasteiger partial charge in [0.25, 0.3) is 5.56 Å². The van der Waals surface area contributed by atoms with Gasteiger partial charge in [0, 0.05) is 6.54 Å². The van der Waals surface area contributed by atoms with Crippen molar-refractivity contribution in [2.24, 2.45) is 0 Å². The Morgan fingerprint density at radius 2 is 1.79 bits per heavy atom. The minimum atomic E-state index is -0.0740. The third-order valence-electron chi connectivity index (χ3n) is 6.10. The maximum atomic E-state index is 13.5. The Bertz CT molecular complexity index is 1570. The van der Waals surface area contributed by atoms with Crippen LogP contribution in [0.15, 0.2) is 53.6 Å². The van der Waals surface area contributed by atoms with Gasteiger partial charge in [-0.2, -0.15) is 0 Å². The summed E-state index contributed by atoms with van der Waals surface area (Å²) >= 11 is 0. The van der Waals surface area contributed by atoms with Gasteiger partial charge in [0.2, 0.25) is 6.79 Å². The monoisotopic (exact) mass is 441 g/mol. The van der Waals surface area contributed by atoms with E-state index in [0.29, 0.717) is 35.3 Å². The summed E-state index contributed by atoms with van der Waals surface area (Å²) in [6.45, 7) is 3.50. The van der Waals surface area contributed by atoms with Gasteiger partial charge < -0.3 is 14.0 Å². The van der Waals surface area contributed by atoms with Crippen molar-refractivity contribution < 1.29 is 9.47 Å². The minimum absolute atomic E-state index is 0.0740. The lowest BCUT2D eigenvalue weighted by Crippen LogP contribution is -2.21. The number of ether oxygens (including phenoxy) is 2. The Hall–Kier alpha value is -3.94. The highest BCUT2D eigenvalue weighted by Crippen LogP contribution is 2.33. The van der Waals surface area contributed by atoms with Crippen LogP contribution in [0.3, 0.4) is 0 Å². The second-order valence-electron chi connectivity index (χ2n) is 8.31. The van der Waals surface area contributed by atoms with Gasteiger partial charge in [-0.05, 0) is 36.2 Å². The molecule has 8 nitrogen and oxygen atoms in total.